The van der Waals surface area contributed by atoms with Crippen molar-refractivity contribution >= 4 is 5.97 Å². The maximum absolute atomic E-state index is 10.8. The number of hydrogen-bond donors (Lipinski definition) is 0. The zero-order valence-corrected chi connectivity index (χ0v) is 6.86. The fraction of sp³-hybridized carbons (Fsp3) is 0.300. The van der Waals surface area contributed by atoms with Gasteiger partial charge in [-0.25, -0.2) is 4.79 Å². The molecule has 0 fully saturated rings. The first kappa shape index (κ1) is 7.35. The zero-order valence-electron chi connectivity index (χ0n) is 6.86. The van der Waals surface area contributed by atoms with Gasteiger partial charge in [0.15, 0.2) is 0 Å². The third kappa shape index (κ3) is 1.20. The van der Waals surface area contributed by atoms with Crippen molar-refractivity contribution < 1.29 is 9.53 Å². The quantitative estimate of drug-likeness (QED) is 0.506. The maximum atomic E-state index is 10.8. The highest BCUT2D eigenvalue weighted by atomic mass is 16.5. The van der Waals surface area contributed by atoms with E-state index in [0.717, 1.165) is 0 Å². The van der Waals surface area contributed by atoms with E-state index in [0.29, 0.717) is 0 Å². The number of esters is 1. The Bertz CT molecular complexity index is 297. The molecule has 12 heavy (non-hydrogen) atoms. The molecule has 0 saturated carbocycles. The minimum absolute atomic E-state index is 0.0776. The number of hydrogen-bond acceptors (Lipinski definition) is 2. The molecular formula is C10H10O2. The van der Waals surface area contributed by atoms with Gasteiger partial charge in [-0.3, -0.25) is 0 Å². The van der Waals surface area contributed by atoms with Crippen molar-refractivity contribution in [1.82, 2.24) is 0 Å². The Hall–Kier alpha value is -1.31. The van der Waals surface area contributed by atoms with Gasteiger partial charge in [0.25, 0.3) is 0 Å². The second kappa shape index (κ2) is 2.63. The lowest BCUT2D eigenvalue weighted by Crippen LogP contribution is -2.27. The van der Waals surface area contributed by atoms with Crippen LogP contribution in [-0.2, 0) is 9.53 Å². The molecule has 0 aromatic rings. The molecule has 0 N–H and O–H groups in total. The first-order valence-electron chi connectivity index (χ1n) is 4.01. The molecule has 0 amide bonds. The zero-order chi connectivity index (χ0) is 8.55. The molecule has 2 heteroatoms. The van der Waals surface area contributed by atoms with E-state index >= 15 is 0 Å². The van der Waals surface area contributed by atoms with Crippen LogP contribution in [0.25, 0.3) is 0 Å². The molecule has 2 aliphatic rings. The summed E-state index contributed by atoms with van der Waals surface area (Å²) in [5.41, 5.74) is 1.22. The van der Waals surface area contributed by atoms with Crippen LogP contribution >= 0.6 is 0 Å². The van der Waals surface area contributed by atoms with E-state index in [4.69, 9.17) is 4.74 Å². The normalized spacial score (nSPS) is 32.4. The molecule has 0 aromatic carbocycles. The summed E-state index contributed by atoms with van der Waals surface area (Å²) in [6.45, 7) is 2.04. The molecule has 1 aliphatic carbocycles. The predicted octanol–water partition coefficient (Wildman–Crippen LogP) is 1.60. The van der Waals surface area contributed by atoms with E-state index in [1.54, 1.807) is 0 Å². The van der Waals surface area contributed by atoms with Crippen LogP contribution in [0.15, 0.2) is 36.0 Å². The SMILES string of the molecule is CC1=CC2C=CC(=O)OC2C=C1. The van der Waals surface area contributed by atoms with Crippen molar-refractivity contribution in [2.45, 2.75) is 13.0 Å². The molecule has 0 saturated heterocycles. The van der Waals surface area contributed by atoms with Crippen LogP contribution in [0.4, 0.5) is 0 Å². The maximum Gasteiger partial charge on any atom is 0.331 e. The van der Waals surface area contributed by atoms with Crippen LogP contribution in [0, 0.1) is 5.92 Å². The van der Waals surface area contributed by atoms with Crippen LogP contribution in [0.2, 0.25) is 0 Å². The number of carbonyl (C=O) groups excluding carboxylic acids is 1. The van der Waals surface area contributed by atoms with E-state index < -0.39 is 0 Å². The summed E-state index contributed by atoms with van der Waals surface area (Å²) in [6, 6.07) is 0. The smallest absolute Gasteiger partial charge is 0.331 e. The topological polar surface area (TPSA) is 26.3 Å². The number of ether oxygens (including phenoxy) is 1. The molecule has 2 unspecified atom stereocenters. The Kier molecular flexibility index (Phi) is 1.61. The van der Waals surface area contributed by atoms with Gasteiger partial charge in [0, 0.05) is 12.0 Å². The van der Waals surface area contributed by atoms with Gasteiger partial charge in [0.05, 0.1) is 0 Å². The second-order valence-electron chi connectivity index (χ2n) is 3.11. The third-order valence-electron chi connectivity index (χ3n) is 2.09. The van der Waals surface area contributed by atoms with Crippen LogP contribution in [-0.4, -0.2) is 12.1 Å². The van der Waals surface area contributed by atoms with Crippen molar-refractivity contribution in [3.63, 3.8) is 0 Å². The van der Waals surface area contributed by atoms with Gasteiger partial charge < -0.3 is 4.74 Å². The third-order valence-corrected chi connectivity index (χ3v) is 2.09. The Labute approximate surface area is 71.2 Å². The molecule has 0 aromatic heterocycles. The Morgan fingerprint density at radius 3 is 3.00 bits per heavy atom. The Morgan fingerprint density at radius 2 is 2.17 bits per heavy atom. The lowest BCUT2D eigenvalue weighted by atomic mass is 9.92. The molecule has 1 aliphatic heterocycles. The number of rotatable bonds is 0. The summed E-state index contributed by atoms with van der Waals surface area (Å²) in [7, 11) is 0. The summed E-state index contributed by atoms with van der Waals surface area (Å²) in [4.78, 5) is 10.8. The van der Waals surface area contributed by atoms with Gasteiger partial charge >= 0.3 is 5.97 Å². The van der Waals surface area contributed by atoms with Gasteiger partial charge in [-0.05, 0) is 13.0 Å². The largest absolute Gasteiger partial charge is 0.454 e. The molecular weight excluding hydrogens is 152 g/mol. The summed E-state index contributed by atoms with van der Waals surface area (Å²) in [6.07, 6.45) is 9.32. The standard InChI is InChI=1S/C10H10O2/c1-7-2-4-9-8(6-7)3-5-10(11)12-9/h2-6,8-9H,1H3. The van der Waals surface area contributed by atoms with E-state index in [-0.39, 0.29) is 18.0 Å². The lowest BCUT2D eigenvalue weighted by Gasteiger charge is -2.25. The fourth-order valence-electron chi connectivity index (χ4n) is 1.47. The van der Waals surface area contributed by atoms with Crippen LogP contribution in [0.1, 0.15) is 6.92 Å². The highest BCUT2D eigenvalue weighted by molar-refractivity contribution is 5.83. The number of allylic oxidation sites excluding steroid dienone is 2. The average Bonchev–Trinajstić information content (AvgIpc) is 2.05. The fourth-order valence-corrected chi connectivity index (χ4v) is 1.47. The van der Waals surface area contributed by atoms with Crippen molar-refractivity contribution in [2.75, 3.05) is 0 Å². The number of carbonyl (C=O) groups is 1. The molecule has 0 spiro atoms. The summed E-state index contributed by atoms with van der Waals surface area (Å²) in [5, 5.41) is 0. The lowest BCUT2D eigenvalue weighted by molar-refractivity contribution is -0.143. The van der Waals surface area contributed by atoms with E-state index in [1.165, 1.54) is 11.6 Å². The van der Waals surface area contributed by atoms with Gasteiger partial charge in [-0.1, -0.05) is 23.8 Å². The van der Waals surface area contributed by atoms with Crippen LogP contribution in [0.3, 0.4) is 0 Å². The van der Waals surface area contributed by atoms with Crippen LogP contribution < -0.4 is 0 Å². The monoisotopic (exact) mass is 162 g/mol. The molecule has 2 rings (SSSR count). The number of fused-ring (bicyclic) bond motifs is 1. The van der Waals surface area contributed by atoms with Crippen LogP contribution in [0.5, 0.6) is 0 Å². The molecule has 0 radical (unpaired) electrons. The Morgan fingerprint density at radius 1 is 1.33 bits per heavy atom. The van der Waals surface area contributed by atoms with Gasteiger partial charge in [-0.2, -0.15) is 0 Å². The molecule has 62 valence electrons. The average molecular weight is 162 g/mol. The first-order chi connectivity index (χ1) is 5.75. The van der Waals surface area contributed by atoms with E-state index in [9.17, 15) is 4.79 Å². The van der Waals surface area contributed by atoms with Crippen molar-refractivity contribution in [1.29, 1.82) is 0 Å². The summed E-state index contributed by atoms with van der Waals surface area (Å²) < 4.78 is 5.08. The molecule has 1 heterocycles. The highest BCUT2D eigenvalue weighted by Crippen LogP contribution is 2.23. The Balaban J connectivity index is 2.27. The highest BCUT2D eigenvalue weighted by Gasteiger charge is 2.24. The van der Waals surface area contributed by atoms with Crippen molar-refractivity contribution in [3.8, 4) is 0 Å². The summed E-state index contributed by atoms with van der Waals surface area (Å²) in [5.74, 6) is 0.00144. The van der Waals surface area contributed by atoms with Crippen molar-refractivity contribution in [3.05, 3.63) is 36.0 Å². The van der Waals surface area contributed by atoms with Gasteiger partial charge in [0.2, 0.25) is 0 Å². The van der Waals surface area contributed by atoms with Gasteiger partial charge in [-0.15, -0.1) is 0 Å². The molecule has 2 nitrogen and oxygen atoms in total. The predicted molar refractivity (Wildman–Crippen MR) is 45.4 cm³/mol. The summed E-state index contributed by atoms with van der Waals surface area (Å²) >= 11 is 0. The second-order valence-corrected chi connectivity index (χ2v) is 3.11. The molecule has 2 atom stereocenters. The van der Waals surface area contributed by atoms with Gasteiger partial charge in [0.1, 0.15) is 6.10 Å². The first-order valence-corrected chi connectivity index (χ1v) is 4.01. The van der Waals surface area contributed by atoms with Crippen molar-refractivity contribution in [2.24, 2.45) is 5.92 Å². The minimum Gasteiger partial charge on any atom is -0.454 e. The molecule has 0 bridgehead atoms. The van der Waals surface area contributed by atoms with E-state index in [2.05, 4.69) is 6.08 Å². The minimum atomic E-state index is -0.242. The van der Waals surface area contributed by atoms with E-state index in [1.807, 2.05) is 25.2 Å².